The van der Waals surface area contributed by atoms with Crippen molar-refractivity contribution in [2.45, 2.75) is 12.8 Å². The Kier molecular flexibility index (Phi) is 64.2. The van der Waals surface area contributed by atoms with Crippen molar-refractivity contribution in [2.75, 3.05) is 380 Å². The van der Waals surface area contributed by atoms with Crippen molar-refractivity contribution < 1.29 is 0 Å². The molecule has 0 fully saturated rings. The van der Waals surface area contributed by atoms with Gasteiger partial charge in [0.15, 0.2) is 0 Å². The first-order valence-corrected chi connectivity index (χ1v) is 35.3. The lowest BCUT2D eigenvalue weighted by Gasteiger charge is -2.34. The Labute approximate surface area is 550 Å². The van der Waals surface area contributed by atoms with Gasteiger partial charge >= 0.3 is 0 Å². The molecule has 32 N–H and O–H groups in total. The Morgan fingerprint density at radius 1 is 0.0889 bits per heavy atom. The zero-order valence-electron chi connectivity index (χ0n) is 57.9. The molecule has 0 amide bonds. The van der Waals surface area contributed by atoms with Crippen molar-refractivity contribution in [3.63, 3.8) is 0 Å². The lowest BCUT2D eigenvalue weighted by Crippen LogP contribution is -2.48. The molecule has 0 atom stereocenters. The second-order valence-corrected chi connectivity index (χ2v) is 24.1. The van der Waals surface area contributed by atoms with Gasteiger partial charge in [0.1, 0.15) is 0 Å². The fraction of sp³-hybridized carbons (Fsp3) is 1.00. The molecule has 0 saturated carbocycles. The monoisotopic (exact) mass is 1290 g/mol. The number of hydrogen-bond donors (Lipinski definition) is 16. The fourth-order valence-electron chi connectivity index (χ4n) is 11.7. The van der Waals surface area contributed by atoms with Crippen LogP contribution in [0.1, 0.15) is 12.8 Å². The molecule has 0 saturated heterocycles. The number of hydrogen-bond acceptors (Lipinski definition) is 30. The van der Waals surface area contributed by atoms with Crippen molar-refractivity contribution in [1.29, 1.82) is 0 Å². The van der Waals surface area contributed by atoms with Gasteiger partial charge in [-0.3, -0.25) is 58.8 Å². The molecule has 542 valence electrons. The topological polar surface area (TPSA) is 462 Å². The molecule has 0 aliphatic carbocycles. The summed E-state index contributed by atoms with van der Waals surface area (Å²) in [6.45, 7) is 46.9. The Bertz CT molecular complexity index is 1120. The third-order valence-corrected chi connectivity index (χ3v) is 17.1. The first-order valence-electron chi connectivity index (χ1n) is 35.3. The molecule has 0 aliphatic heterocycles. The van der Waals surface area contributed by atoms with E-state index >= 15 is 0 Å². The molecule has 0 aromatic rings. The van der Waals surface area contributed by atoms with Gasteiger partial charge in [0.05, 0.1) is 0 Å². The second-order valence-electron chi connectivity index (χ2n) is 24.1. The molecule has 0 aliphatic rings. The second kappa shape index (κ2) is 65.1. The molecule has 90 heavy (non-hydrogen) atoms. The van der Waals surface area contributed by atoms with E-state index in [2.05, 4.69) is 68.6 Å². The van der Waals surface area contributed by atoms with E-state index < -0.39 is 0 Å². The summed E-state index contributed by atoms with van der Waals surface area (Å²) in [6, 6.07) is 0. The SMILES string of the molecule is NCCN(CCN)CCN(CCN(CCN)CCN)CCN(CCCCN(CCN(CCN(CCN)CCN)CCN(CCN)CCN)CCN(CCN(CCN)CCN)CCN(CCN)CCN)CCN(CCN(CCN)CCN)CCN(CCN)CCN. The van der Waals surface area contributed by atoms with Gasteiger partial charge in [-0.25, -0.2) is 0 Å². The van der Waals surface area contributed by atoms with Gasteiger partial charge < -0.3 is 102 Å². The van der Waals surface area contributed by atoms with E-state index in [1.807, 2.05) is 0 Å². The Balaban J connectivity index is 7.43. The molecule has 0 aromatic heterocycles. The average molecular weight is 1290 g/mol. The molecule has 30 nitrogen and oxygen atoms in total. The predicted molar refractivity (Wildman–Crippen MR) is 384 cm³/mol. The van der Waals surface area contributed by atoms with E-state index in [0.29, 0.717) is 105 Å². The van der Waals surface area contributed by atoms with Crippen LogP contribution in [-0.4, -0.2) is 448 Å². The number of nitrogens with two attached hydrogens (primary N) is 16. The van der Waals surface area contributed by atoms with Crippen molar-refractivity contribution in [3.05, 3.63) is 0 Å². The summed E-state index contributed by atoms with van der Waals surface area (Å²) in [7, 11) is 0. The van der Waals surface area contributed by atoms with Crippen LogP contribution in [0.3, 0.4) is 0 Å². The maximum atomic E-state index is 6.12. The van der Waals surface area contributed by atoms with Gasteiger partial charge in [-0.05, 0) is 25.9 Å². The first-order chi connectivity index (χ1) is 44.0. The normalized spacial score (nSPS) is 12.7. The zero-order chi connectivity index (χ0) is 66.5. The number of rotatable bonds is 73. The van der Waals surface area contributed by atoms with Gasteiger partial charge in [0.25, 0.3) is 0 Å². The average Bonchev–Trinajstić information content (AvgIpc) is 3.61. The molecular formula is C60H152N30. The smallest absolute Gasteiger partial charge is 0.0110 e. The molecule has 0 spiro atoms. The van der Waals surface area contributed by atoms with Crippen LogP contribution in [-0.2, 0) is 0 Å². The van der Waals surface area contributed by atoms with Crippen molar-refractivity contribution in [1.82, 2.24) is 68.6 Å². The van der Waals surface area contributed by atoms with Gasteiger partial charge in [-0.2, -0.15) is 0 Å². The minimum Gasteiger partial charge on any atom is -0.329 e. The van der Waals surface area contributed by atoms with Gasteiger partial charge in [0, 0.05) is 367 Å². The van der Waals surface area contributed by atoms with E-state index in [1.165, 1.54) is 0 Å². The lowest BCUT2D eigenvalue weighted by molar-refractivity contribution is 0.131. The van der Waals surface area contributed by atoms with E-state index in [9.17, 15) is 0 Å². The van der Waals surface area contributed by atoms with Gasteiger partial charge in [0.2, 0.25) is 0 Å². The molecule has 0 rings (SSSR count). The summed E-state index contributed by atoms with van der Waals surface area (Å²) >= 11 is 0. The molecule has 0 unspecified atom stereocenters. The van der Waals surface area contributed by atoms with E-state index in [4.69, 9.17) is 91.7 Å². The third kappa shape index (κ3) is 49.3. The number of nitrogens with zero attached hydrogens (tertiary/aromatic N) is 14. The minimum atomic E-state index is 0.601. The van der Waals surface area contributed by atoms with E-state index in [-0.39, 0.29) is 0 Å². The van der Waals surface area contributed by atoms with Crippen LogP contribution in [0, 0.1) is 0 Å². The van der Waals surface area contributed by atoms with Crippen LogP contribution >= 0.6 is 0 Å². The quantitative estimate of drug-likeness (QED) is 0.0251. The maximum absolute atomic E-state index is 6.12. The van der Waals surface area contributed by atoms with Crippen LogP contribution < -0.4 is 91.7 Å². The largest absolute Gasteiger partial charge is 0.329 e. The van der Waals surface area contributed by atoms with Crippen LogP contribution in [0.5, 0.6) is 0 Å². The predicted octanol–water partition coefficient (Wildman–Crippen LogP) is -10.7. The molecule has 30 heteroatoms. The molecule has 0 radical (unpaired) electrons. The fourth-order valence-corrected chi connectivity index (χ4v) is 11.7. The molecular weight excluding hydrogens is 1140 g/mol. The van der Waals surface area contributed by atoms with Gasteiger partial charge in [-0.15, -0.1) is 0 Å². The molecule has 0 heterocycles. The summed E-state index contributed by atoms with van der Waals surface area (Å²) in [4.78, 5) is 35.2. The summed E-state index contributed by atoms with van der Waals surface area (Å²) in [5, 5.41) is 0. The van der Waals surface area contributed by atoms with Crippen molar-refractivity contribution in [2.24, 2.45) is 91.7 Å². The van der Waals surface area contributed by atoms with E-state index in [0.717, 1.165) is 288 Å². The maximum Gasteiger partial charge on any atom is 0.0110 e. The van der Waals surface area contributed by atoms with Gasteiger partial charge in [-0.1, -0.05) is 0 Å². The Morgan fingerprint density at radius 3 is 0.233 bits per heavy atom. The third-order valence-electron chi connectivity index (χ3n) is 17.1. The Morgan fingerprint density at radius 2 is 0.156 bits per heavy atom. The van der Waals surface area contributed by atoms with Crippen molar-refractivity contribution >= 4 is 0 Å². The van der Waals surface area contributed by atoms with Crippen LogP contribution in [0.15, 0.2) is 0 Å². The van der Waals surface area contributed by atoms with Crippen LogP contribution in [0.25, 0.3) is 0 Å². The summed E-state index contributed by atoms with van der Waals surface area (Å²) in [5.41, 5.74) is 97.9. The zero-order valence-corrected chi connectivity index (χ0v) is 57.9. The molecule has 0 bridgehead atoms. The highest BCUT2D eigenvalue weighted by Crippen LogP contribution is 2.07. The highest BCUT2D eigenvalue weighted by atomic mass is 15.3. The summed E-state index contributed by atoms with van der Waals surface area (Å²) in [5.74, 6) is 0. The van der Waals surface area contributed by atoms with Crippen molar-refractivity contribution in [3.8, 4) is 0 Å². The highest BCUT2D eigenvalue weighted by Gasteiger charge is 2.20. The van der Waals surface area contributed by atoms with Crippen LogP contribution in [0.4, 0.5) is 0 Å². The summed E-state index contributed by atoms with van der Waals surface area (Å²) < 4.78 is 0. The number of unbranched alkanes of at least 4 members (excludes halogenated alkanes) is 1. The standard InChI is InChI=1S/C60H152N30/c61-3-21-79(22-4-62)41-53-87(54-42-80(23-5-63)24-6-64)49-37-77(38-50-88(55-43-81(25-7-65)26-8-66)56-44-82(27-9-67)28-10-68)19-1-2-20-78(39-51-89(57-45-83(29-11-69)30-12-70)58-46-84(31-13-71)32-14-72)40-52-90(59-47-85(33-15-73)34-16-74)60-48-86(35-17-75)36-18-76/h1-76H2. The summed E-state index contributed by atoms with van der Waals surface area (Å²) in [6.07, 6.45) is 2.13. The highest BCUT2D eigenvalue weighted by molar-refractivity contribution is 4.78. The molecule has 0 aromatic carbocycles. The first kappa shape index (κ1) is 88.8. The Hall–Kier alpha value is -1.20. The van der Waals surface area contributed by atoms with Crippen LogP contribution in [0.2, 0.25) is 0 Å². The lowest BCUT2D eigenvalue weighted by atomic mass is 10.2. The minimum absolute atomic E-state index is 0.601. The van der Waals surface area contributed by atoms with E-state index in [1.54, 1.807) is 0 Å².